The summed E-state index contributed by atoms with van der Waals surface area (Å²) in [4.78, 5) is 33.1. The van der Waals surface area contributed by atoms with Crippen LogP contribution in [-0.4, -0.2) is 21.9 Å². The molecule has 0 bridgehead atoms. The highest BCUT2D eigenvalue weighted by Crippen LogP contribution is 2.28. The van der Waals surface area contributed by atoms with Gasteiger partial charge in [-0.15, -0.1) is 11.3 Å². The summed E-state index contributed by atoms with van der Waals surface area (Å²) < 4.78 is 13.9. The summed E-state index contributed by atoms with van der Waals surface area (Å²) >= 11 is 2.62. The number of benzene rings is 2. The maximum atomic E-state index is 12.9. The lowest BCUT2D eigenvalue weighted by Gasteiger charge is -2.05. The third-order valence-electron chi connectivity index (χ3n) is 4.08. The first-order valence-corrected chi connectivity index (χ1v) is 10.6. The Bertz CT molecular complexity index is 1220. The predicted octanol–water partition coefficient (Wildman–Crippen LogP) is 5.03. The average Bonchev–Trinajstić information content (AvgIpc) is 3.30. The standard InChI is InChI=1S/C20H16FN5O2S2/c1-11-3-2-4-15-17(11)25-20(30-15)24-16(27)9-14-10-29-19(23-14)26-18(28)22-13-7-5-12(21)6-8-13/h2-8,10H,9H2,1H3,(H,24,25,27)(H2,22,23,26,28). The van der Waals surface area contributed by atoms with Crippen LogP contribution in [0.25, 0.3) is 10.2 Å². The van der Waals surface area contributed by atoms with E-state index in [2.05, 4.69) is 25.9 Å². The number of hydrogen-bond acceptors (Lipinski definition) is 6. The molecule has 2 aromatic carbocycles. The van der Waals surface area contributed by atoms with Gasteiger partial charge in [0.1, 0.15) is 5.82 Å². The van der Waals surface area contributed by atoms with Gasteiger partial charge in [0, 0.05) is 11.1 Å². The number of nitrogens with zero attached hydrogens (tertiary/aromatic N) is 2. The molecule has 0 aliphatic rings. The van der Waals surface area contributed by atoms with Gasteiger partial charge in [0.15, 0.2) is 10.3 Å². The number of thiazole rings is 2. The van der Waals surface area contributed by atoms with Crippen molar-refractivity contribution in [3.63, 3.8) is 0 Å². The maximum absolute atomic E-state index is 12.9. The maximum Gasteiger partial charge on any atom is 0.325 e. The first-order chi connectivity index (χ1) is 14.5. The summed E-state index contributed by atoms with van der Waals surface area (Å²) in [5, 5.41) is 10.6. The molecule has 152 valence electrons. The number of para-hydroxylation sites is 1. The van der Waals surface area contributed by atoms with Gasteiger partial charge in [-0.3, -0.25) is 10.1 Å². The van der Waals surface area contributed by atoms with Crippen molar-refractivity contribution in [1.29, 1.82) is 0 Å². The molecule has 0 radical (unpaired) electrons. The molecule has 3 amide bonds. The minimum atomic E-state index is -0.503. The zero-order valence-corrected chi connectivity index (χ0v) is 17.4. The van der Waals surface area contributed by atoms with Gasteiger partial charge in [-0.05, 0) is 42.8 Å². The van der Waals surface area contributed by atoms with Gasteiger partial charge in [-0.25, -0.2) is 19.2 Å². The second-order valence-electron chi connectivity index (χ2n) is 6.40. The second-order valence-corrected chi connectivity index (χ2v) is 8.28. The van der Waals surface area contributed by atoms with Gasteiger partial charge in [0.2, 0.25) is 5.91 Å². The SMILES string of the molecule is Cc1cccc2sc(NC(=O)Cc3csc(NC(=O)Nc4ccc(F)cc4)n3)nc12. The Hall–Kier alpha value is -3.37. The summed E-state index contributed by atoms with van der Waals surface area (Å²) in [6, 6.07) is 10.8. The number of carbonyl (C=O) groups is 2. The van der Waals surface area contributed by atoms with E-state index in [1.54, 1.807) is 5.38 Å². The molecular formula is C20H16FN5O2S2. The summed E-state index contributed by atoms with van der Waals surface area (Å²) in [5.41, 5.74) is 2.92. The monoisotopic (exact) mass is 441 g/mol. The third-order valence-corrected chi connectivity index (χ3v) is 5.83. The molecule has 0 atom stereocenters. The molecule has 0 saturated heterocycles. The van der Waals surface area contributed by atoms with Crippen molar-refractivity contribution in [3.05, 3.63) is 64.9 Å². The number of nitrogens with one attached hydrogen (secondary N) is 3. The first-order valence-electron chi connectivity index (χ1n) is 8.90. The molecule has 4 rings (SSSR count). The van der Waals surface area contributed by atoms with Crippen molar-refractivity contribution in [2.45, 2.75) is 13.3 Å². The van der Waals surface area contributed by atoms with Crippen molar-refractivity contribution in [3.8, 4) is 0 Å². The average molecular weight is 442 g/mol. The molecule has 2 aromatic heterocycles. The number of aryl methyl sites for hydroxylation is 1. The molecule has 0 spiro atoms. The lowest BCUT2D eigenvalue weighted by atomic mass is 10.2. The van der Waals surface area contributed by atoms with Crippen LogP contribution in [0.3, 0.4) is 0 Å². The van der Waals surface area contributed by atoms with E-state index in [4.69, 9.17) is 0 Å². The van der Waals surface area contributed by atoms with Gasteiger partial charge in [0.05, 0.1) is 22.3 Å². The Labute approximate surface area is 179 Å². The van der Waals surface area contributed by atoms with Crippen LogP contribution in [0.1, 0.15) is 11.3 Å². The fraction of sp³-hybridized carbons (Fsp3) is 0.100. The number of anilines is 3. The van der Waals surface area contributed by atoms with E-state index in [-0.39, 0.29) is 18.1 Å². The molecule has 0 fully saturated rings. The number of halogens is 1. The van der Waals surface area contributed by atoms with Crippen molar-refractivity contribution in [2.75, 3.05) is 16.0 Å². The number of aromatic nitrogens is 2. The number of amides is 3. The number of urea groups is 1. The Morgan fingerprint density at radius 2 is 1.80 bits per heavy atom. The van der Waals surface area contributed by atoms with Gasteiger partial charge in [0.25, 0.3) is 0 Å². The highest BCUT2D eigenvalue weighted by atomic mass is 32.1. The molecule has 0 aliphatic carbocycles. The molecule has 4 aromatic rings. The van der Waals surface area contributed by atoms with E-state index in [1.807, 2.05) is 25.1 Å². The van der Waals surface area contributed by atoms with Gasteiger partial charge >= 0.3 is 6.03 Å². The van der Waals surface area contributed by atoms with Crippen LogP contribution < -0.4 is 16.0 Å². The molecule has 10 heteroatoms. The first kappa shape index (κ1) is 19.9. The smallest absolute Gasteiger partial charge is 0.308 e. The number of carbonyl (C=O) groups excluding carboxylic acids is 2. The van der Waals surface area contributed by atoms with Crippen LogP contribution in [0.5, 0.6) is 0 Å². The van der Waals surface area contributed by atoms with Crippen molar-refractivity contribution in [1.82, 2.24) is 9.97 Å². The third kappa shape index (κ3) is 4.78. The molecule has 0 unspecified atom stereocenters. The van der Waals surface area contributed by atoms with Crippen molar-refractivity contribution >= 4 is 60.8 Å². The zero-order valence-electron chi connectivity index (χ0n) is 15.7. The minimum Gasteiger partial charge on any atom is -0.308 e. The molecule has 0 aliphatic heterocycles. The van der Waals surface area contributed by atoms with Gasteiger partial charge in [-0.2, -0.15) is 0 Å². The van der Waals surface area contributed by atoms with Crippen LogP contribution in [0.4, 0.5) is 25.1 Å². The fourth-order valence-electron chi connectivity index (χ4n) is 2.71. The molecule has 0 saturated carbocycles. The van der Waals surface area contributed by atoms with Crippen LogP contribution >= 0.6 is 22.7 Å². The van der Waals surface area contributed by atoms with E-state index in [9.17, 15) is 14.0 Å². The normalized spacial score (nSPS) is 10.7. The Morgan fingerprint density at radius 3 is 2.57 bits per heavy atom. The topological polar surface area (TPSA) is 96.0 Å². The Kier molecular flexibility index (Phi) is 5.68. The highest BCUT2D eigenvalue weighted by molar-refractivity contribution is 7.22. The lowest BCUT2D eigenvalue weighted by molar-refractivity contribution is -0.115. The van der Waals surface area contributed by atoms with Gasteiger partial charge < -0.3 is 10.6 Å². The summed E-state index contributed by atoms with van der Waals surface area (Å²) in [7, 11) is 0. The number of rotatable bonds is 5. The van der Waals surface area contributed by atoms with Crippen LogP contribution in [0, 0.1) is 12.7 Å². The van der Waals surface area contributed by atoms with E-state index in [0.29, 0.717) is 21.6 Å². The van der Waals surface area contributed by atoms with E-state index in [1.165, 1.54) is 46.9 Å². The fourth-order valence-corrected chi connectivity index (χ4v) is 4.37. The second kappa shape index (κ2) is 8.56. The van der Waals surface area contributed by atoms with Crippen molar-refractivity contribution < 1.29 is 14.0 Å². The summed E-state index contributed by atoms with van der Waals surface area (Å²) in [6.45, 7) is 1.98. The van der Waals surface area contributed by atoms with Gasteiger partial charge in [-0.1, -0.05) is 23.5 Å². The number of hydrogen-bond donors (Lipinski definition) is 3. The molecule has 30 heavy (non-hydrogen) atoms. The Balaban J connectivity index is 1.33. The van der Waals surface area contributed by atoms with E-state index in [0.717, 1.165) is 15.8 Å². The minimum absolute atomic E-state index is 0.0622. The number of fused-ring (bicyclic) bond motifs is 1. The summed E-state index contributed by atoms with van der Waals surface area (Å²) in [5.74, 6) is -0.621. The predicted molar refractivity (Wildman–Crippen MR) is 118 cm³/mol. The molecule has 2 heterocycles. The quantitative estimate of drug-likeness (QED) is 0.405. The molecule has 3 N–H and O–H groups in total. The van der Waals surface area contributed by atoms with E-state index < -0.39 is 6.03 Å². The highest BCUT2D eigenvalue weighted by Gasteiger charge is 2.13. The van der Waals surface area contributed by atoms with Crippen molar-refractivity contribution in [2.24, 2.45) is 0 Å². The largest absolute Gasteiger partial charge is 0.325 e. The zero-order chi connectivity index (χ0) is 21.1. The van der Waals surface area contributed by atoms with Crippen LogP contribution in [0.15, 0.2) is 47.8 Å². The molecule has 7 nitrogen and oxygen atoms in total. The van der Waals surface area contributed by atoms with Crippen LogP contribution in [0.2, 0.25) is 0 Å². The Morgan fingerprint density at radius 1 is 1.00 bits per heavy atom. The molecular weight excluding hydrogens is 425 g/mol. The van der Waals surface area contributed by atoms with E-state index >= 15 is 0 Å². The van der Waals surface area contributed by atoms with Crippen LogP contribution in [-0.2, 0) is 11.2 Å². The lowest BCUT2D eigenvalue weighted by Crippen LogP contribution is -2.19. The summed E-state index contributed by atoms with van der Waals surface area (Å²) in [6.07, 6.45) is 0.0622.